The molecule has 0 aliphatic carbocycles. The molecule has 0 unspecified atom stereocenters. The van der Waals surface area contributed by atoms with E-state index in [-0.39, 0.29) is 19.1 Å². The van der Waals surface area contributed by atoms with Crippen LogP contribution in [0.15, 0.2) is 48.5 Å². The Hall–Kier alpha value is -2.53. The van der Waals surface area contributed by atoms with Gasteiger partial charge >= 0.3 is 0 Å². The van der Waals surface area contributed by atoms with Crippen molar-refractivity contribution in [2.45, 2.75) is 13.8 Å². The third-order valence-electron chi connectivity index (χ3n) is 3.73. The number of ether oxygens (including phenoxy) is 1. The highest BCUT2D eigenvalue weighted by Crippen LogP contribution is 2.18. The lowest BCUT2D eigenvalue weighted by molar-refractivity contribution is 0.102. The molecule has 2 N–H and O–H groups in total. The smallest absolute Gasteiger partial charge is 0.255 e. The number of aliphatic hydroxyl groups excluding tert-OH is 1. The second-order valence-electron chi connectivity index (χ2n) is 5.27. The van der Waals surface area contributed by atoms with Gasteiger partial charge in [0.1, 0.15) is 12.4 Å². The number of carbonyl (C=O) groups is 1. The van der Waals surface area contributed by atoms with Crippen LogP contribution < -0.4 is 15.0 Å². The lowest BCUT2D eigenvalue weighted by atomic mass is 10.1. The molecule has 0 aromatic heterocycles. The van der Waals surface area contributed by atoms with Gasteiger partial charge in [-0.2, -0.15) is 0 Å². The van der Waals surface area contributed by atoms with Crippen molar-refractivity contribution in [3.63, 3.8) is 0 Å². The molecule has 2 aromatic rings. The van der Waals surface area contributed by atoms with Crippen LogP contribution in [0.25, 0.3) is 0 Å². The molecule has 0 saturated heterocycles. The zero-order valence-electron chi connectivity index (χ0n) is 14.2. The number of nitrogens with zero attached hydrogens (tertiary/aromatic N) is 1. The van der Waals surface area contributed by atoms with Gasteiger partial charge in [0, 0.05) is 30.0 Å². The van der Waals surface area contributed by atoms with Crippen LogP contribution in [-0.2, 0) is 0 Å². The summed E-state index contributed by atoms with van der Waals surface area (Å²) >= 11 is 0. The summed E-state index contributed by atoms with van der Waals surface area (Å²) in [4.78, 5) is 14.5. The van der Waals surface area contributed by atoms with Gasteiger partial charge in [0.2, 0.25) is 0 Å². The Morgan fingerprint density at radius 3 is 2.21 bits per heavy atom. The number of aliphatic hydroxyl groups is 1. The number of hydrogen-bond donors (Lipinski definition) is 2. The van der Waals surface area contributed by atoms with Crippen molar-refractivity contribution in [2.75, 3.05) is 36.5 Å². The molecule has 0 bridgehead atoms. The summed E-state index contributed by atoms with van der Waals surface area (Å²) in [6, 6.07) is 14.7. The van der Waals surface area contributed by atoms with Gasteiger partial charge < -0.3 is 20.1 Å². The molecule has 128 valence electrons. The van der Waals surface area contributed by atoms with Gasteiger partial charge in [-0.15, -0.1) is 0 Å². The second-order valence-corrected chi connectivity index (χ2v) is 5.27. The highest BCUT2D eigenvalue weighted by Gasteiger charge is 2.08. The molecule has 0 aliphatic rings. The van der Waals surface area contributed by atoms with Gasteiger partial charge in [0.05, 0.1) is 6.61 Å². The van der Waals surface area contributed by atoms with Gasteiger partial charge in [-0.1, -0.05) is 0 Å². The zero-order valence-corrected chi connectivity index (χ0v) is 14.2. The van der Waals surface area contributed by atoms with Crippen LogP contribution >= 0.6 is 0 Å². The first-order chi connectivity index (χ1) is 11.7. The highest BCUT2D eigenvalue weighted by molar-refractivity contribution is 6.04. The molecule has 2 rings (SSSR count). The number of rotatable bonds is 8. The van der Waals surface area contributed by atoms with Crippen LogP contribution in [0.3, 0.4) is 0 Å². The van der Waals surface area contributed by atoms with Crippen molar-refractivity contribution < 1.29 is 14.6 Å². The van der Waals surface area contributed by atoms with E-state index in [2.05, 4.69) is 24.1 Å². The fourth-order valence-corrected chi connectivity index (χ4v) is 2.41. The highest BCUT2D eigenvalue weighted by atomic mass is 16.5. The Morgan fingerprint density at radius 1 is 1.04 bits per heavy atom. The summed E-state index contributed by atoms with van der Waals surface area (Å²) < 4.78 is 5.29. The second kappa shape index (κ2) is 8.93. The van der Waals surface area contributed by atoms with Gasteiger partial charge in [-0.3, -0.25) is 4.79 Å². The van der Waals surface area contributed by atoms with Crippen molar-refractivity contribution in [2.24, 2.45) is 0 Å². The summed E-state index contributed by atoms with van der Waals surface area (Å²) in [5.41, 5.74) is 2.43. The maximum absolute atomic E-state index is 12.3. The van der Waals surface area contributed by atoms with E-state index in [0.717, 1.165) is 18.8 Å². The number of anilines is 2. The van der Waals surface area contributed by atoms with Crippen LogP contribution in [0.4, 0.5) is 11.4 Å². The first kappa shape index (κ1) is 17.8. The zero-order chi connectivity index (χ0) is 17.4. The molecule has 0 heterocycles. The molecule has 1 amide bonds. The fourth-order valence-electron chi connectivity index (χ4n) is 2.41. The molecule has 5 heteroatoms. The van der Waals surface area contributed by atoms with E-state index in [1.807, 2.05) is 24.3 Å². The number of amides is 1. The summed E-state index contributed by atoms with van der Waals surface area (Å²) in [5.74, 6) is 0.510. The number of nitrogens with one attached hydrogen (secondary N) is 1. The number of hydrogen-bond acceptors (Lipinski definition) is 4. The first-order valence-corrected chi connectivity index (χ1v) is 8.18. The summed E-state index contributed by atoms with van der Waals surface area (Å²) in [7, 11) is 0. The Bertz CT molecular complexity index is 635. The molecule has 24 heavy (non-hydrogen) atoms. The van der Waals surface area contributed by atoms with Gasteiger partial charge in [0.15, 0.2) is 0 Å². The van der Waals surface area contributed by atoms with Crippen LogP contribution in [0, 0.1) is 0 Å². The van der Waals surface area contributed by atoms with E-state index in [0.29, 0.717) is 17.0 Å². The molecule has 0 saturated carbocycles. The summed E-state index contributed by atoms with van der Waals surface area (Å²) in [5, 5.41) is 11.6. The van der Waals surface area contributed by atoms with E-state index in [1.165, 1.54) is 0 Å². The minimum atomic E-state index is -0.148. The summed E-state index contributed by atoms with van der Waals surface area (Å²) in [6.45, 7) is 6.32. The maximum Gasteiger partial charge on any atom is 0.255 e. The molecular weight excluding hydrogens is 304 g/mol. The molecular formula is C19H24N2O3. The molecule has 2 aromatic carbocycles. The topological polar surface area (TPSA) is 61.8 Å². The van der Waals surface area contributed by atoms with Crippen LogP contribution in [0.1, 0.15) is 24.2 Å². The predicted molar refractivity (Wildman–Crippen MR) is 97.0 cm³/mol. The van der Waals surface area contributed by atoms with Crippen LogP contribution in [0.2, 0.25) is 0 Å². The van der Waals surface area contributed by atoms with E-state index in [4.69, 9.17) is 9.84 Å². The van der Waals surface area contributed by atoms with Gasteiger partial charge in [-0.25, -0.2) is 0 Å². The predicted octanol–water partition coefficient (Wildman–Crippen LogP) is 3.16. The van der Waals surface area contributed by atoms with Crippen molar-refractivity contribution in [3.05, 3.63) is 54.1 Å². The van der Waals surface area contributed by atoms with E-state index >= 15 is 0 Å². The van der Waals surface area contributed by atoms with Crippen molar-refractivity contribution in [1.29, 1.82) is 0 Å². The Kier molecular flexibility index (Phi) is 6.63. The standard InChI is InChI=1S/C19H24N2O3/c1-3-21(4-2)17-9-5-15(6-10-17)19(23)20-16-7-11-18(12-8-16)24-14-13-22/h5-12,22H,3-4,13-14H2,1-2H3,(H,20,23). The van der Waals surface area contributed by atoms with Gasteiger partial charge in [-0.05, 0) is 62.4 Å². The van der Waals surface area contributed by atoms with E-state index in [1.54, 1.807) is 24.3 Å². The average Bonchev–Trinajstić information content (AvgIpc) is 2.62. The first-order valence-electron chi connectivity index (χ1n) is 8.18. The minimum absolute atomic E-state index is 0.0258. The Balaban J connectivity index is 1.99. The third kappa shape index (κ3) is 4.73. The maximum atomic E-state index is 12.3. The van der Waals surface area contributed by atoms with Crippen LogP contribution in [-0.4, -0.2) is 37.3 Å². The van der Waals surface area contributed by atoms with E-state index < -0.39 is 0 Å². The number of benzene rings is 2. The average molecular weight is 328 g/mol. The Labute approximate surface area is 142 Å². The van der Waals surface area contributed by atoms with Crippen molar-refractivity contribution in [1.82, 2.24) is 0 Å². The summed E-state index contributed by atoms with van der Waals surface area (Å²) in [6.07, 6.45) is 0. The van der Waals surface area contributed by atoms with Crippen molar-refractivity contribution in [3.8, 4) is 5.75 Å². The third-order valence-corrected chi connectivity index (χ3v) is 3.73. The van der Waals surface area contributed by atoms with Gasteiger partial charge in [0.25, 0.3) is 5.91 Å². The van der Waals surface area contributed by atoms with E-state index in [9.17, 15) is 4.79 Å². The normalized spacial score (nSPS) is 10.3. The van der Waals surface area contributed by atoms with Crippen molar-refractivity contribution >= 4 is 17.3 Å². The molecule has 0 aliphatic heterocycles. The lowest BCUT2D eigenvalue weighted by Crippen LogP contribution is -2.21. The lowest BCUT2D eigenvalue weighted by Gasteiger charge is -2.21. The molecule has 0 spiro atoms. The van der Waals surface area contributed by atoms with Crippen LogP contribution in [0.5, 0.6) is 5.75 Å². The molecule has 0 atom stereocenters. The SMILES string of the molecule is CCN(CC)c1ccc(C(=O)Nc2ccc(OCCO)cc2)cc1. The molecule has 0 fully saturated rings. The minimum Gasteiger partial charge on any atom is -0.491 e. The fraction of sp³-hybridized carbons (Fsp3) is 0.316. The quantitative estimate of drug-likeness (QED) is 0.781. The molecule has 5 nitrogen and oxygen atoms in total. The largest absolute Gasteiger partial charge is 0.491 e. The monoisotopic (exact) mass is 328 g/mol. The number of carbonyl (C=O) groups excluding carboxylic acids is 1. The molecule has 0 radical (unpaired) electrons. The Morgan fingerprint density at radius 2 is 1.67 bits per heavy atom.